The molecule has 4 rings (SSSR count). The van der Waals surface area contributed by atoms with Gasteiger partial charge in [-0.2, -0.15) is 13.2 Å². The number of carbonyl (C=O) groups is 2. The lowest BCUT2D eigenvalue weighted by molar-refractivity contribution is -0.139. The zero-order chi connectivity index (χ0) is 31.4. The van der Waals surface area contributed by atoms with Crippen molar-refractivity contribution in [3.63, 3.8) is 0 Å². The number of hydrogen-bond acceptors (Lipinski definition) is 4. The van der Waals surface area contributed by atoms with Gasteiger partial charge in [-0.25, -0.2) is 12.8 Å². The van der Waals surface area contributed by atoms with Gasteiger partial charge in [-0.1, -0.05) is 60.8 Å². The van der Waals surface area contributed by atoms with Gasteiger partial charge in [0.2, 0.25) is 11.8 Å². The number of halogens is 5. The first-order chi connectivity index (χ1) is 20.3. The number of rotatable bonds is 10. The van der Waals surface area contributed by atoms with Crippen LogP contribution in [-0.4, -0.2) is 43.8 Å². The molecule has 1 aliphatic rings. The Morgan fingerprint density at radius 3 is 2.26 bits per heavy atom. The molecule has 0 bridgehead atoms. The van der Waals surface area contributed by atoms with Crippen LogP contribution in [0.5, 0.6) is 0 Å². The van der Waals surface area contributed by atoms with Gasteiger partial charge in [-0.15, -0.1) is 0 Å². The Kier molecular flexibility index (Phi) is 10.0. The average molecular weight is 640 g/mol. The molecule has 0 heterocycles. The van der Waals surface area contributed by atoms with Crippen molar-refractivity contribution in [2.75, 3.05) is 10.8 Å². The van der Waals surface area contributed by atoms with E-state index in [0.29, 0.717) is 10.4 Å². The highest BCUT2D eigenvalue weighted by molar-refractivity contribution is 7.92. The molecule has 1 aliphatic carbocycles. The molecule has 2 amide bonds. The lowest BCUT2D eigenvalue weighted by atomic mass is 10.1. The molecule has 3 aromatic carbocycles. The van der Waals surface area contributed by atoms with Crippen molar-refractivity contribution in [1.82, 2.24) is 10.2 Å². The average Bonchev–Trinajstić information content (AvgIpc) is 3.48. The lowest BCUT2D eigenvalue weighted by Gasteiger charge is -2.32. The fourth-order valence-corrected chi connectivity index (χ4v) is 6.57. The van der Waals surface area contributed by atoms with Crippen molar-refractivity contribution in [2.45, 2.75) is 62.3 Å². The second kappa shape index (κ2) is 13.3. The minimum Gasteiger partial charge on any atom is -0.352 e. The summed E-state index contributed by atoms with van der Waals surface area (Å²) in [6.07, 6.45) is -1.51. The normalized spacial score (nSPS) is 14.7. The van der Waals surface area contributed by atoms with Crippen LogP contribution < -0.4 is 9.62 Å². The van der Waals surface area contributed by atoms with Gasteiger partial charge in [0.15, 0.2) is 0 Å². The summed E-state index contributed by atoms with van der Waals surface area (Å²) < 4.78 is 84.0. The van der Waals surface area contributed by atoms with Crippen molar-refractivity contribution in [3.8, 4) is 0 Å². The molecule has 13 heteroatoms. The number of sulfonamides is 1. The number of alkyl halides is 3. The Morgan fingerprint density at radius 2 is 1.63 bits per heavy atom. The molecule has 0 saturated heterocycles. The second-order valence-electron chi connectivity index (χ2n) is 10.3. The monoisotopic (exact) mass is 639 g/mol. The molecule has 1 N–H and O–H groups in total. The third kappa shape index (κ3) is 7.66. The van der Waals surface area contributed by atoms with Crippen LogP contribution in [0.1, 0.15) is 43.7 Å². The molecule has 7 nitrogen and oxygen atoms in total. The predicted molar refractivity (Wildman–Crippen MR) is 154 cm³/mol. The zero-order valence-electron chi connectivity index (χ0n) is 23.2. The molecule has 0 unspecified atom stereocenters. The molecule has 0 aliphatic heterocycles. The number of nitrogens with one attached hydrogen (secondary N) is 1. The van der Waals surface area contributed by atoms with Crippen LogP contribution >= 0.6 is 11.6 Å². The van der Waals surface area contributed by atoms with Crippen LogP contribution in [0.15, 0.2) is 77.7 Å². The summed E-state index contributed by atoms with van der Waals surface area (Å²) in [7, 11) is -4.60. The maximum absolute atomic E-state index is 14.7. The van der Waals surface area contributed by atoms with Crippen LogP contribution in [0.2, 0.25) is 5.02 Å². The summed E-state index contributed by atoms with van der Waals surface area (Å²) in [5, 5.41) is 2.23. The summed E-state index contributed by atoms with van der Waals surface area (Å²) in [5.74, 6) is -2.09. The van der Waals surface area contributed by atoms with Crippen molar-refractivity contribution >= 4 is 39.1 Å². The summed E-state index contributed by atoms with van der Waals surface area (Å²) in [5.41, 5.74) is -1.69. The predicted octanol–water partition coefficient (Wildman–Crippen LogP) is 6.17. The number of amides is 2. The van der Waals surface area contributed by atoms with E-state index in [0.717, 1.165) is 42.7 Å². The van der Waals surface area contributed by atoms with Crippen LogP contribution in [0.4, 0.5) is 23.2 Å². The van der Waals surface area contributed by atoms with Gasteiger partial charge >= 0.3 is 6.18 Å². The molecular formula is C30H30ClF4N3O4S. The van der Waals surface area contributed by atoms with Gasteiger partial charge in [0.25, 0.3) is 10.0 Å². The largest absolute Gasteiger partial charge is 0.417 e. The molecule has 0 spiro atoms. The maximum Gasteiger partial charge on any atom is 0.417 e. The molecule has 0 radical (unpaired) electrons. The van der Waals surface area contributed by atoms with Gasteiger partial charge < -0.3 is 10.2 Å². The Balaban J connectivity index is 1.75. The molecular weight excluding hydrogens is 610 g/mol. The van der Waals surface area contributed by atoms with E-state index in [4.69, 9.17) is 11.6 Å². The molecule has 3 aromatic rings. The van der Waals surface area contributed by atoms with E-state index in [1.54, 1.807) is 12.1 Å². The minimum absolute atomic E-state index is 0.0692. The first-order valence-electron chi connectivity index (χ1n) is 13.6. The number of nitrogens with zero attached hydrogens (tertiary/aromatic N) is 2. The van der Waals surface area contributed by atoms with Crippen LogP contribution in [-0.2, 0) is 32.3 Å². The first-order valence-corrected chi connectivity index (χ1v) is 15.4. The fourth-order valence-electron chi connectivity index (χ4n) is 4.92. The first kappa shape index (κ1) is 32.3. The van der Waals surface area contributed by atoms with Crippen LogP contribution in [0.25, 0.3) is 0 Å². The summed E-state index contributed by atoms with van der Waals surface area (Å²) in [6.45, 7) is 0.0627. The minimum atomic E-state index is -4.91. The Bertz CT molecular complexity index is 1570. The zero-order valence-corrected chi connectivity index (χ0v) is 24.7. The van der Waals surface area contributed by atoms with E-state index in [2.05, 4.69) is 5.32 Å². The lowest BCUT2D eigenvalue weighted by Crippen LogP contribution is -2.52. The Hall–Kier alpha value is -3.64. The Labute approximate surface area is 252 Å². The summed E-state index contributed by atoms with van der Waals surface area (Å²) >= 11 is 5.78. The summed E-state index contributed by atoms with van der Waals surface area (Å²) in [6, 6.07) is 13.7. The quantitative estimate of drug-likeness (QED) is 0.269. The smallest absolute Gasteiger partial charge is 0.352 e. The van der Waals surface area contributed by atoms with E-state index >= 15 is 0 Å². The van der Waals surface area contributed by atoms with E-state index in [-0.39, 0.29) is 16.5 Å². The van der Waals surface area contributed by atoms with E-state index in [9.17, 15) is 35.6 Å². The van der Waals surface area contributed by atoms with Gasteiger partial charge in [0.05, 0.1) is 21.2 Å². The van der Waals surface area contributed by atoms with Crippen molar-refractivity contribution in [3.05, 3.63) is 94.8 Å². The van der Waals surface area contributed by atoms with Crippen molar-refractivity contribution in [1.29, 1.82) is 0 Å². The molecule has 1 saturated carbocycles. The molecule has 1 fully saturated rings. The number of carbonyl (C=O) groups excluding carboxylic acids is 2. The van der Waals surface area contributed by atoms with E-state index < -0.39 is 69.2 Å². The molecule has 230 valence electrons. The number of anilines is 1. The third-order valence-corrected chi connectivity index (χ3v) is 9.44. The van der Waals surface area contributed by atoms with Gasteiger partial charge in [-0.05, 0) is 56.2 Å². The van der Waals surface area contributed by atoms with E-state index in [1.165, 1.54) is 49.4 Å². The molecule has 1 atom stereocenters. The second-order valence-corrected chi connectivity index (χ2v) is 12.5. The molecule has 0 aromatic heterocycles. The highest BCUT2D eigenvalue weighted by Crippen LogP contribution is 2.38. The molecule has 43 heavy (non-hydrogen) atoms. The fraction of sp³-hybridized carbons (Fsp3) is 0.333. The van der Waals surface area contributed by atoms with Crippen molar-refractivity contribution < 1.29 is 35.6 Å². The SMILES string of the molecule is C[C@H](C(=O)NC1CCCC1)N(Cc1ccccc1F)C(=O)CN(c1ccc(Cl)c(C(F)(F)F)c1)S(=O)(=O)c1ccccc1. The topological polar surface area (TPSA) is 86.8 Å². The van der Waals surface area contributed by atoms with E-state index in [1.807, 2.05) is 0 Å². The highest BCUT2D eigenvalue weighted by atomic mass is 35.5. The number of hydrogen-bond donors (Lipinski definition) is 1. The highest BCUT2D eigenvalue weighted by Gasteiger charge is 2.37. The standard InChI is InChI=1S/C30H30ClF4N3O4S/c1-20(29(40)36-22-10-6-7-11-22)37(18-21-9-5-8-14-27(21)32)28(39)19-38(43(41,42)24-12-3-2-4-13-24)23-15-16-26(31)25(17-23)30(33,34)35/h2-5,8-9,12-17,20,22H,6-7,10-11,18-19H2,1H3,(H,36,40)/t20-/m1/s1. The number of benzene rings is 3. The maximum atomic E-state index is 14.7. The van der Waals surface area contributed by atoms with Gasteiger partial charge in [0.1, 0.15) is 18.4 Å². The van der Waals surface area contributed by atoms with Crippen LogP contribution in [0.3, 0.4) is 0 Å². The van der Waals surface area contributed by atoms with Crippen molar-refractivity contribution in [2.24, 2.45) is 0 Å². The third-order valence-electron chi connectivity index (χ3n) is 7.32. The van der Waals surface area contributed by atoms with Gasteiger partial charge in [-0.3, -0.25) is 13.9 Å². The summed E-state index contributed by atoms with van der Waals surface area (Å²) in [4.78, 5) is 27.9. The Morgan fingerprint density at radius 1 is 1.00 bits per heavy atom. The van der Waals surface area contributed by atoms with Crippen LogP contribution in [0, 0.1) is 5.82 Å². The van der Waals surface area contributed by atoms with Gasteiger partial charge in [0, 0.05) is 18.2 Å².